The molecule has 0 aliphatic heterocycles. The van der Waals surface area contributed by atoms with Crippen molar-refractivity contribution in [1.82, 2.24) is 20.1 Å². The Balaban J connectivity index is 1.61. The molecule has 124 valence electrons. The van der Waals surface area contributed by atoms with E-state index in [9.17, 15) is 4.79 Å². The van der Waals surface area contributed by atoms with Crippen LogP contribution >= 0.6 is 11.3 Å². The van der Waals surface area contributed by atoms with Gasteiger partial charge in [0.15, 0.2) is 0 Å². The molecule has 0 saturated carbocycles. The molecule has 0 atom stereocenters. The van der Waals surface area contributed by atoms with E-state index in [-0.39, 0.29) is 5.91 Å². The zero-order chi connectivity index (χ0) is 17.1. The lowest BCUT2D eigenvalue weighted by atomic mass is 10.1. The minimum Gasteiger partial charge on any atom is -0.346 e. The number of carbonyl (C=O) groups excluding carboxylic acids is 1. The van der Waals surface area contributed by atoms with Crippen LogP contribution in [-0.2, 0) is 13.1 Å². The highest BCUT2D eigenvalue weighted by Crippen LogP contribution is 2.11. The van der Waals surface area contributed by atoms with Crippen LogP contribution < -0.4 is 5.32 Å². The molecule has 1 N–H and O–H groups in total. The van der Waals surface area contributed by atoms with Crippen LogP contribution in [0, 0.1) is 20.8 Å². The number of amides is 1. The number of aromatic nitrogens is 3. The van der Waals surface area contributed by atoms with E-state index < -0.39 is 0 Å². The van der Waals surface area contributed by atoms with Crippen LogP contribution in [0.2, 0.25) is 0 Å². The molecule has 2 aromatic heterocycles. The lowest BCUT2D eigenvalue weighted by Gasteiger charge is -2.07. The number of nitrogens with one attached hydrogen (secondary N) is 1. The molecule has 0 aliphatic carbocycles. The van der Waals surface area contributed by atoms with Gasteiger partial charge >= 0.3 is 0 Å². The van der Waals surface area contributed by atoms with Gasteiger partial charge in [0, 0.05) is 22.3 Å². The molecule has 5 nitrogen and oxygen atoms in total. The molecule has 3 aromatic rings. The Morgan fingerprint density at radius 1 is 1.17 bits per heavy atom. The van der Waals surface area contributed by atoms with Gasteiger partial charge in [0.25, 0.3) is 5.91 Å². The molecule has 1 aromatic carbocycles. The van der Waals surface area contributed by atoms with Crippen LogP contribution in [0.3, 0.4) is 0 Å². The van der Waals surface area contributed by atoms with Crippen molar-refractivity contribution in [3.63, 3.8) is 0 Å². The monoisotopic (exact) mass is 340 g/mol. The molecule has 0 fully saturated rings. The molecule has 0 saturated heterocycles. The molecule has 0 unspecified atom stereocenters. The molecule has 1 amide bonds. The second-order valence-corrected chi connectivity index (χ2v) is 6.79. The topological polar surface area (TPSA) is 59.8 Å². The Morgan fingerprint density at radius 2 is 1.92 bits per heavy atom. The normalized spacial score (nSPS) is 10.8. The highest BCUT2D eigenvalue weighted by molar-refractivity contribution is 7.09. The molecular weight excluding hydrogens is 320 g/mol. The van der Waals surface area contributed by atoms with E-state index in [0.29, 0.717) is 18.7 Å². The van der Waals surface area contributed by atoms with Gasteiger partial charge in [0.05, 0.1) is 18.8 Å². The second-order valence-electron chi connectivity index (χ2n) is 5.85. The van der Waals surface area contributed by atoms with Gasteiger partial charge in [-0.3, -0.25) is 9.48 Å². The third-order valence-corrected chi connectivity index (χ3v) is 4.69. The highest BCUT2D eigenvalue weighted by Gasteiger charge is 2.08. The van der Waals surface area contributed by atoms with Crippen LogP contribution in [0.25, 0.3) is 0 Å². The molecule has 24 heavy (non-hydrogen) atoms. The van der Waals surface area contributed by atoms with Crippen molar-refractivity contribution < 1.29 is 4.79 Å². The van der Waals surface area contributed by atoms with Crippen LogP contribution in [-0.4, -0.2) is 20.7 Å². The van der Waals surface area contributed by atoms with Gasteiger partial charge in [0.1, 0.15) is 5.01 Å². The van der Waals surface area contributed by atoms with Crippen LogP contribution in [0.4, 0.5) is 0 Å². The Bertz CT molecular complexity index is 848. The first kappa shape index (κ1) is 16.4. The minimum absolute atomic E-state index is 0.0829. The van der Waals surface area contributed by atoms with Crippen molar-refractivity contribution in [2.24, 2.45) is 0 Å². The van der Waals surface area contributed by atoms with Gasteiger partial charge in [-0.2, -0.15) is 5.10 Å². The summed E-state index contributed by atoms with van der Waals surface area (Å²) in [5.41, 5.74) is 4.90. The van der Waals surface area contributed by atoms with E-state index in [1.165, 1.54) is 0 Å². The molecule has 0 bridgehead atoms. The van der Waals surface area contributed by atoms with Crippen molar-refractivity contribution in [2.45, 2.75) is 33.9 Å². The van der Waals surface area contributed by atoms with Crippen molar-refractivity contribution in [3.05, 3.63) is 68.9 Å². The summed E-state index contributed by atoms with van der Waals surface area (Å²) in [6.45, 7) is 7.15. The number of rotatable bonds is 5. The number of nitrogens with zero attached hydrogens (tertiary/aromatic N) is 3. The van der Waals surface area contributed by atoms with Gasteiger partial charge in [0.2, 0.25) is 0 Å². The number of aryl methyl sites for hydroxylation is 3. The maximum atomic E-state index is 12.2. The van der Waals surface area contributed by atoms with Crippen LogP contribution in [0.15, 0.2) is 35.7 Å². The third kappa shape index (κ3) is 3.89. The standard InChI is InChI=1S/C18H20N4OS/c1-12-8-14(3)22(21-12)10-15-4-6-16(7-5-15)18(23)19-9-17-20-13(2)11-24-17/h4-8,11H,9-10H2,1-3H3,(H,19,23). The molecule has 0 aliphatic rings. The van der Waals surface area contributed by atoms with Gasteiger partial charge in [-0.15, -0.1) is 11.3 Å². The fraction of sp³-hybridized carbons (Fsp3) is 0.278. The van der Waals surface area contributed by atoms with E-state index >= 15 is 0 Å². The summed E-state index contributed by atoms with van der Waals surface area (Å²) in [6, 6.07) is 9.70. The predicted molar refractivity (Wildman–Crippen MR) is 95.3 cm³/mol. The van der Waals surface area contributed by atoms with E-state index in [2.05, 4.69) is 21.5 Å². The van der Waals surface area contributed by atoms with E-state index in [0.717, 1.165) is 27.7 Å². The van der Waals surface area contributed by atoms with Gasteiger partial charge < -0.3 is 5.32 Å². The van der Waals surface area contributed by atoms with Gasteiger partial charge in [-0.25, -0.2) is 4.98 Å². The fourth-order valence-electron chi connectivity index (χ4n) is 2.51. The predicted octanol–water partition coefficient (Wildman–Crippen LogP) is 3.24. The van der Waals surface area contributed by atoms with E-state index in [1.807, 2.05) is 55.1 Å². The van der Waals surface area contributed by atoms with Crippen molar-refractivity contribution in [3.8, 4) is 0 Å². The average molecular weight is 340 g/mol. The molecule has 6 heteroatoms. The first-order valence-corrected chi connectivity index (χ1v) is 8.68. The Morgan fingerprint density at radius 3 is 2.50 bits per heavy atom. The van der Waals surface area contributed by atoms with Crippen molar-refractivity contribution >= 4 is 17.2 Å². The molecular formula is C18H20N4OS. The summed E-state index contributed by atoms with van der Waals surface area (Å²) < 4.78 is 1.97. The molecule has 0 spiro atoms. The van der Waals surface area contributed by atoms with E-state index in [4.69, 9.17) is 0 Å². The number of carbonyl (C=O) groups is 1. The van der Waals surface area contributed by atoms with E-state index in [1.54, 1.807) is 11.3 Å². The number of hydrogen-bond donors (Lipinski definition) is 1. The third-order valence-electron chi connectivity index (χ3n) is 3.72. The van der Waals surface area contributed by atoms with Crippen molar-refractivity contribution in [1.29, 1.82) is 0 Å². The lowest BCUT2D eigenvalue weighted by molar-refractivity contribution is 0.0951. The Hall–Kier alpha value is -2.47. The largest absolute Gasteiger partial charge is 0.346 e. The number of benzene rings is 1. The summed E-state index contributed by atoms with van der Waals surface area (Å²) in [7, 11) is 0. The average Bonchev–Trinajstić information content (AvgIpc) is 3.11. The Labute approximate surface area is 145 Å². The summed E-state index contributed by atoms with van der Waals surface area (Å²) in [5, 5.41) is 10.3. The minimum atomic E-state index is -0.0829. The maximum absolute atomic E-state index is 12.2. The van der Waals surface area contributed by atoms with Gasteiger partial charge in [-0.1, -0.05) is 12.1 Å². The summed E-state index contributed by atoms with van der Waals surface area (Å²) in [4.78, 5) is 16.5. The first-order valence-electron chi connectivity index (χ1n) is 7.80. The zero-order valence-corrected chi connectivity index (χ0v) is 14.9. The van der Waals surface area contributed by atoms with Crippen LogP contribution in [0.5, 0.6) is 0 Å². The first-order chi connectivity index (χ1) is 11.5. The highest BCUT2D eigenvalue weighted by atomic mass is 32.1. The van der Waals surface area contributed by atoms with Crippen LogP contribution in [0.1, 0.15) is 38.0 Å². The Kier molecular flexibility index (Phi) is 4.76. The lowest BCUT2D eigenvalue weighted by Crippen LogP contribution is -2.22. The molecule has 2 heterocycles. The smallest absolute Gasteiger partial charge is 0.251 e. The summed E-state index contributed by atoms with van der Waals surface area (Å²) in [5.74, 6) is -0.0829. The quantitative estimate of drug-likeness (QED) is 0.776. The fourth-order valence-corrected chi connectivity index (χ4v) is 3.22. The van der Waals surface area contributed by atoms with Crippen molar-refractivity contribution in [2.75, 3.05) is 0 Å². The number of hydrogen-bond acceptors (Lipinski definition) is 4. The summed E-state index contributed by atoms with van der Waals surface area (Å²) in [6.07, 6.45) is 0. The summed E-state index contributed by atoms with van der Waals surface area (Å²) >= 11 is 1.56. The molecule has 3 rings (SSSR count). The second kappa shape index (κ2) is 6.97. The number of thiazole rings is 1. The zero-order valence-electron chi connectivity index (χ0n) is 14.0. The van der Waals surface area contributed by atoms with Gasteiger partial charge in [-0.05, 0) is 44.5 Å². The SMILES string of the molecule is Cc1csc(CNC(=O)c2ccc(Cn3nc(C)cc3C)cc2)n1. The maximum Gasteiger partial charge on any atom is 0.251 e. The molecule has 0 radical (unpaired) electrons.